The molecule has 0 aromatic rings. The topological polar surface area (TPSA) is 52.3 Å². The van der Waals surface area contributed by atoms with Crippen molar-refractivity contribution in [1.82, 2.24) is 0 Å². The molecule has 11 heavy (non-hydrogen) atoms. The van der Waals surface area contributed by atoms with Crippen LogP contribution in [0.5, 0.6) is 0 Å². The summed E-state index contributed by atoms with van der Waals surface area (Å²) in [6.07, 6.45) is -2.90. The van der Waals surface area contributed by atoms with Gasteiger partial charge in [-0.3, -0.25) is 0 Å². The van der Waals surface area contributed by atoms with Gasteiger partial charge >= 0.3 is 5.97 Å². The molecule has 0 saturated heterocycles. The largest absolute Gasteiger partial charge is 0.464 e. The number of ether oxygens (including phenoxy) is 1. The third kappa shape index (κ3) is 2.42. The van der Waals surface area contributed by atoms with E-state index in [9.17, 15) is 13.6 Å². The lowest BCUT2D eigenvalue weighted by Crippen LogP contribution is -2.52. The number of rotatable bonds is 3. The molecule has 0 spiro atoms. The van der Waals surface area contributed by atoms with Crippen molar-refractivity contribution < 1.29 is 18.3 Å². The second kappa shape index (κ2) is 3.61. The maximum atomic E-state index is 12.0. The van der Waals surface area contributed by atoms with Gasteiger partial charge in [0.15, 0.2) is 5.54 Å². The Bertz CT molecular complexity index is 148. The summed E-state index contributed by atoms with van der Waals surface area (Å²) in [5, 5.41) is 0. The normalized spacial score (nSPS) is 16.2. The number of nitrogens with two attached hydrogens (primary N) is 1. The fourth-order valence-corrected chi connectivity index (χ4v) is 0.376. The molecule has 0 fully saturated rings. The van der Waals surface area contributed by atoms with Crippen LogP contribution < -0.4 is 5.73 Å². The minimum atomic E-state index is -2.90. The monoisotopic (exact) mass is 167 g/mol. The Morgan fingerprint density at radius 1 is 1.73 bits per heavy atom. The summed E-state index contributed by atoms with van der Waals surface area (Å²) >= 11 is 0. The quantitative estimate of drug-likeness (QED) is 0.624. The van der Waals surface area contributed by atoms with Crippen LogP contribution in [0, 0.1) is 0 Å². The average molecular weight is 167 g/mol. The lowest BCUT2D eigenvalue weighted by atomic mass is 10.1. The maximum absolute atomic E-state index is 12.0. The Balaban J connectivity index is 4.18. The first-order valence-electron chi connectivity index (χ1n) is 3.17. The summed E-state index contributed by atoms with van der Waals surface area (Å²) in [5.74, 6) is -1.07. The van der Waals surface area contributed by atoms with Gasteiger partial charge in [-0.25, -0.2) is 13.6 Å². The third-order valence-corrected chi connectivity index (χ3v) is 1.17. The number of halogens is 2. The van der Waals surface area contributed by atoms with Crippen LogP contribution >= 0.6 is 0 Å². The van der Waals surface area contributed by atoms with Crippen molar-refractivity contribution in [2.24, 2.45) is 5.73 Å². The molecule has 0 aromatic heterocycles. The van der Waals surface area contributed by atoms with E-state index in [2.05, 4.69) is 4.74 Å². The standard InChI is InChI=1S/C6H11F2NO2/c1-3-11-5(10)6(2,9)4(7)8/h4H,3,9H2,1-2H3. The van der Waals surface area contributed by atoms with Crippen LogP contribution in [0.3, 0.4) is 0 Å². The number of hydrogen-bond acceptors (Lipinski definition) is 3. The molecule has 0 bridgehead atoms. The molecule has 0 aliphatic heterocycles. The Kier molecular flexibility index (Phi) is 3.38. The summed E-state index contributed by atoms with van der Waals surface area (Å²) in [6.45, 7) is 2.52. The first kappa shape index (κ1) is 10.3. The van der Waals surface area contributed by atoms with E-state index in [1.54, 1.807) is 0 Å². The Hall–Kier alpha value is -0.710. The van der Waals surface area contributed by atoms with Crippen molar-refractivity contribution >= 4 is 5.97 Å². The Morgan fingerprint density at radius 3 is 2.45 bits per heavy atom. The number of carbonyl (C=O) groups excluding carboxylic acids is 1. The van der Waals surface area contributed by atoms with E-state index in [-0.39, 0.29) is 6.61 Å². The van der Waals surface area contributed by atoms with Gasteiger partial charge in [-0.15, -0.1) is 0 Å². The van der Waals surface area contributed by atoms with Gasteiger partial charge in [-0.1, -0.05) is 0 Å². The van der Waals surface area contributed by atoms with Gasteiger partial charge in [0.25, 0.3) is 6.43 Å². The smallest absolute Gasteiger partial charge is 0.331 e. The zero-order chi connectivity index (χ0) is 9.07. The van der Waals surface area contributed by atoms with Crippen LogP contribution in [0.2, 0.25) is 0 Å². The summed E-state index contributed by atoms with van der Waals surface area (Å²) in [5.41, 5.74) is 2.78. The second-order valence-corrected chi connectivity index (χ2v) is 2.30. The lowest BCUT2D eigenvalue weighted by molar-refractivity contribution is -0.154. The van der Waals surface area contributed by atoms with Gasteiger partial charge in [0, 0.05) is 0 Å². The average Bonchev–Trinajstić information content (AvgIpc) is 1.88. The van der Waals surface area contributed by atoms with E-state index in [4.69, 9.17) is 5.73 Å². The molecule has 1 unspecified atom stereocenters. The number of alkyl halides is 2. The third-order valence-electron chi connectivity index (χ3n) is 1.17. The van der Waals surface area contributed by atoms with Crippen LogP contribution in [0.15, 0.2) is 0 Å². The van der Waals surface area contributed by atoms with Gasteiger partial charge < -0.3 is 10.5 Å². The van der Waals surface area contributed by atoms with Crippen molar-refractivity contribution in [3.05, 3.63) is 0 Å². The summed E-state index contributed by atoms with van der Waals surface area (Å²) in [4.78, 5) is 10.7. The van der Waals surface area contributed by atoms with Crippen LogP contribution in [0.4, 0.5) is 8.78 Å². The molecular formula is C6H11F2NO2. The molecule has 3 nitrogen and oxygen atoms in total. The molecule has 0 aliphatic carbocycles. The van der Waals surface area contributed by atoms with E-state index < -0.39 is 17.9 Å². The van der Waals surface area contributed by atoms with Crippen molar-refractivity contribution in [3.8, 4) is 0 Å². The van der Waals surface area contributed by atoms with Crippen molar-refractivity contribution in [3.63, 3.8) is 0 Å². The van der Waals surface area contributed by atoms with E-state index in [1.807, 2.05) is 0 Å². The molecule has 0 rings (SSSR count). The minimum Gasteiger partial charge on any atom is -0.464 e. The number of carbonyl (C=O) groups is 1. The molecule has 66 valence electrons. The highest BCUT2D eigenvalue weighted by Crippen LogP contribution is 2.13. The predicted molar refractivity (Wildman–Crippen MR) is 35.2 cm³/mol. The number of esters is 1. The second-order valence-electron chi connectivity index (χ2n) is 2.30. The molecule has 2 N–H and O–H groups in total. The summed E-state index contributed by atoms with van der Waals surface area (Å²) in [6, 6.07) is 0. The van der Waals surface area contributed by atoms with Crippen LogP contribution in [-0.4, -0.2) is 24.5 Å². The van der Waals surface area contributed by atoms with Gasteiger partial charge in [0.1, 0.15) is 0 Å². The molecule has 5 heteroatoms. The molecule has 0 aliphatic rings. The van der Waals surface area contributed by atoms with Gasteiger partial charge in [-0.05, 0) is 13.8 Å². The highest BCUT2D eigenvalue weighted by molar-refractivity contribution is 5.80. The molecule has 0 aromatic carbocycles. The molecule has 1 atom stereocenters. The van der Waals surface area contributed by atoms with Crippen LogP contribution in [-0.2, 0) is 9.53 Å². The zero-order valence-electron chi connectivity index (χ0n) is 6.43. The Morgan fingerprint density at radius 2 is 2.18 bits per heavy atom. The molecular weight excluding hydrogens is 156 g/mol. The van der Waals surface area contributed by atoms with Gasteiger partial charge in [0.2, 0.25) is 0 Å². The van der Waals surface area contributed by atoms with Crippen molar-refractivity contribution in [2.45, 2.75) is 25.8 Å². The van der Waals surface area contributed by atoms with E-state index in [0.717, 1.165) is 6.92 Å². The zero-order valence-corrected chi connectivity index (χ0v) is 6.43. The predicted octanol–water partition coefficient (Wildman–Crippen LogP) is 0.532. The Labute approximate surface area is 63.5 Å². The lowest BCUT2D eigenvalue weighted by Gasteiger charge is -2.20. The highest BCUT2D eigenvalue weighted by Gasteiger charge is 2.39. The maximum Gasteiger partial charge on any atom is 0.331 e. The molecule has 0 heterocycles. The van der Waals surface area contributed by atoms with E-state index >= 15 is 0 Å². The SMILES string of the molecule is CCOC(=O)C(C)(N)C(F)F. The first-order chi connectivity index (χ1) is 4.92. The fourth-order valence-electron chi connectivity index (χ4n) is 0.376. The fraction of sp³-hybridized carbons (Fsp3) is 0.833. The van der Waals surface area contributed by atoms with Crippen molar-refractivity contribution in [1.29, 1.82) is 0 Å². The van der Waals surface area contributed by atoms with E-state index in [1.165, 1.54) is 6.92 Å². The van der Waals surface area contributed by atoms with Gasteiger partial charge in [0.05, 0.1) is 6.61 Å². The van der Waals surface area contributed by atoms with Crippen LogP contribution in [0.25, 0.3) is 0 Å². The van der Waals surface area contributed by atoms with Crippen LogP contribution in [0.1, 0.15) is 13.8 Å². The minimum absolute atomic E-state index is 0.0539. The van der Waals surface area contributed by atoms with Gasteiger partial charge in [-0.2, -0.15) is 0 Å². The molecule has 0 radical (unpaired) electrons. The highest BCUT2D eigenvalue weighted by atomic mass is 19.3. The summed E-state index contributed by atoms with van der Waals surface area (Å²) in [7, 11) is 0. The first-order valence-corrected chi connectivity index (χ1v) is 3.17. The molecule has 0 saturated carbocycles. The molecule has 0 amide bonds. The summed E-state index contributed by atoms with van der Waals surface area (Å²) < 4.78 is 28.2. The van der Waals surface area contributed by atoms with E-state index in [0.29, 0.717) is 0 Å². The van der Waals surface area contributed by atoms with Crippen molar-refractivity contribution in [2.75, 3.05) is 6.61 Å². The number of hydrogen-bond donors (Lipinski definition) is 1.